The minimum Gasteiger partial charge on any atom is -0.480 e. The molecule has 2 unspecified atom stereocenters. The summed E-state index contributed by atoms with van der Waals surface area (Å²) in [6.07, 6.45) is 0.755. The number of carboxylic acids is 1. The molecule has 1 aliphatic rings. The fourth-order valence-corrected chi connectivity index (χ4v) is 3.56. The minimum atomic E-state index is -1.22. The second-order valence-electron chi connectivity index (χ2n) is 9.34. The second kappa shape index (κ2) is 11.5. The third-order valence-electron chi connectivity index (χ3n) is 6.15. The van der Waals surface area contributed by atoms with Crippen LogP contribution in [0, 0.1) is 5.92 Å². The van der Waals surface area contributed by atoms with Crippen molar-refractivity contribution in [1.82, 2.24) is 10.6 Å². The summed E-state index contributed by atoms with van der Waals surface area (Å²) in [5, 5.41) is 14.9. The van der Waals surface area contributed by atoms with Gasteiger partial charge in [-0.25, -0.2) is 9.59 Å². The van der Waals surface area contributed by atoms with Gasteiger partial charge in [-0.3, -0.25) is 4.79 Å². The van der Waals surface area contributed by atoms with Crippen molar-refractivity contribution in [2.24, 2.45) is 5.92 Å². The largest absolute Gasteiger partial charge is 0.480 e. The number of amides is 2. The molecule has 182 valence electrons. The van der Waals surface area contributed by atoms with Crippen molar-refractivity contribution < 1.29 is 33.5 Å². The molecule has 0 saturated carbocycles. The lowest BCUT2D eigenvalue weighted by Gasteiger charge is -2.32. The number of carbonyl (C=O) groups excluding carboxylic acids is 2. The SMILES string of the molecule is CC(=O)NCC(CCCB1OC(C)(C)C(C)(C)O1)C(NC(=O)OCc1ccccc1)C(=O)O. The van der Waals surface area contributed by atoms with Crippen LogP contribution >= 0.6 is 0 Å². The highest BCUT2D eigenvalue weighted by Crippen LogP contribution is 2.38. The molecule has 33 heavy (non-hydrogen) atoms. The van der Waals surface area contributed by atoms with Gasteiger partial charge in [0, 0.05) is 19.4 Å². The highest BCUT2D eigenvalue weighted by molar-refractivity contribution is 6.45. The Bertz CT molecular complexity index is 800. The molecule has 1 aromatic carbocycles. The molecule has 0 aliphatic carbocycles. The van der Waals surface area contributed by atoms with E-state index in [2.05, 4.69) is 10.6 Å². The zero-order valence-corrected chi connectivity index (χ0v) is 20.1. The first kappa shape index (κ1) is 26.7. The Labute approximate surface area is 195 Å². The summed E-state index contributed by atoms with van der Waals surface area (Å²) in [7, 11) is -0.400. The molecule has 1 fully saturated rings. The molecule has 1 saturated heterocycles. The zero-order chi connectivity index (χ0) is 24.6. The Morgan fingerprint density at radius 2 is 1.70 bits per heavy atom. The van der Waals surface area contributed by atoms with Gasteiger partial charge in [-0.05, 0) is 46.0 Å². The summed E-state index contributed by atoms with van der Waals surface area (Å²) in [5.74, 6) is -2.02. The van der Waals surface area contributed by atoms with E-state index >= 15 is 0 Å². The first-order chi connectivity index (χ1) is 15.4. The van der Waals surface area contributed by atoms with Gasteiger partial charge < -0.3 is 29.8 Å². The van der Waals surface area contributed by atoms with Crippen molar-refractivity contribution in [3.05, 3.63) is 35.9 Å². The number of ether oxygens (including phenoxy) is 1. The number of hydrogen-bond donors (Lipinski definition) is 3. The number of nitrogens with one attached hydrogen (secondary N) is 2. The maximum atomic E-state index is 12.3. The van der Waals surface area contributed by atoms with Gasteiger partial charge in [0.25, 0.3) is 0 Å². The van der Waals surface area contributed by atoms with Crippen LogP contribution in [0.1, 0.15) is 53.0 Å². The number of carboxylic acid groups (broad SMARTS) is 1. The summed E-state index contributed by atoms with van der Waals surface area (Å²) >= 11 is 0. The average molecular weight is 462 g/mol. The highest BCUT2D eigenvalue weighted by Gasteiger charge is 2.50. The van der Waals surface area contributed by atoms with Crippen LogP contribution in [0.25, 0.3) is 0 Å². The molecule has 0 aromatic heterocycles. The van der Waals surface area contributed by atoms with E-state index in [9.17, 15) is 19.5 Å². The first-order valence-electron chi connectivity index (χ1n) is 11.2. The molecule has 2 rings (SSSR count). The lowest BCUT2D eigenvalue weighted by atomic mass is 9.80. The van der Waals surface area contributed by atoms with Crippen LogP contribution in [0.4, 0.5) is 4.79 Å². The maximum Gasteiger partial charge on any atom is 0.457 e. The summed E-state index contributed by atoms with van der Waals surface area (Å²) in [6, 6.07) is 7.87. The molecule has 2 amide bonds. The van der Waals surface area contributed by atoms with Crippen LogP contribution in [-0.4, -0.2) is 54.0 Å². The Morgan fingerprint density at radius 1 is 1.09 bits per heavy atom. The molecule has 2 atom stereocenters. The van der Waals surface area contributed by atoms with Gasteiger partial charge in [0.15, 0.2) is 0 Å². The fourth-order valence-electron chi connectivity index (χ4n) is 3.56. The van der Waals surface area contributed by atoms with Crippen LogP contribution in [0.3, 0.4) is 0 Å². The molecular formula is C23H35BN2O7. The predicted molar refractivity (Wildman–Crippen MR) is 123 cm³/mol. The van der Waals surface area contributed by atoms with Crippen molar-refractivity contribution in [2.45, 2.75) is 77.6 Å². The van der Waals surface area contributed by atoms with Crippen LogP contribution in [0.2, 0.25) is 6.32 Å². The minimum absolute atomic E-state index is 0.0251. The number of hydrogen-bond acceptors (Lipinski definition) is 6. The third kappa shape index (κ3) is 8.05. The topological polar surface area (TPSA) is 123 Å². The van der Waals surface area contributed by atoms with E-state index in [1.807, 2.05) is 45.9 Å². The fraction of sp³-hybridized carbons (Fsp3) is 0.609. The molecule has 1 aliphatic heterocycles. The second-order valence-corrected chi connectivity index (χ2v) is 9.34. The molecule has 1 aromatic rings. The van der Waals surface area contributed by atoms with Gasteiger partial charge in [-0.15, -0.1) is 0 Å². The van der Waals surface area contributed by atoms with E-state index in [0.29, 0.717) is 19.2 Å². The summed E-state index contributed by atoms with van der Waals surface area (Å²) in [5.41, 5.74) is -0.0984. The Kier molecular flexibility index (Phi) is 9.30. The van der Waals surface area contributed by atoms with Crippen LogP contribution in [0.5, 0.6) is 0 Å². The van der Waals surface area contributed by atoms with Gasteiger partial charge >= 0.3 is 19.2 Å². The quantitative estimate of drug-likeness (QED) is 0.432. The van der Waals surface area contributed by atoms with Crippen molar-refractivity contribution in [1.29, 1.82) is 0 Å². The van der Waals surface area contributed by atoms with Crippen molar-refractivity contribution in [3.63, 3.8) is 0 Å². The van der Waals surface area contributed by atoms with Gasteiger partial charge in [-0.1, -0.05) is 36.8 Å². The Hall–Kier alpha value is -2.59. The average Bonchev–Trinajstić information content (AvgIpc) is 2.94. The molecule has 0 spiro atoms. The lowest BCUT2D eigenvalue weighted by Crippen LogP contribution is -2.49. The molecule has 0 bridgehead atoms. The molecule has 0 radical (unpaired) electrons. The smallest absolute Gasteiger partial charge is 0.457 e. The Balaban J connectivity index is 1.95. The van der Waals surface area contributed by atoms with E-state index in [0.717, 1.165) is 5.56 Å². The van der Waals surface area contributed by atoms with Crippen LogP contribution < -0.4 is 10.6 Å². The molecule has 9 nitrogen and oxygen atoms in total. The Morgan fingerprint density at radius 3 is 2.24 bits per heavy atom. The van der Waals surface area contributed by atoms with E-state index < -0.39 is 42.3 Å². The summed E-state index contributed by atoms with van der Waals surface area (Å²) < 4.78 is 17.2. The molecule has 10 heteroatoms. The monoisotopic (exact) mass is 462 g/mol. The predicted octanol–water partition coefficient (Wildman–Crippen LogP) is 2.99. The van der Waals surface area contributed by atoms with Gasteiger partial charge in [0.2, 0.25) is 5.91 Å². The van der Waals surface area contributed by atoms with E-state index in [1.54, 1.807) is 12.1 Å². The number of carbonyl (C=O) groups is 3. The van der Waals surface area contributed by atoms with E-state index in [4.69, 9.17) is 14.0 Å². The number of benzene rings is 1. The van der Waals surface area contributed by atoms with Gasteiger partial charge in [0.1, 0.15) is 12.6 Å². The van der Waals surface area contributed by atoms with Crippen molar-refractivity contribution in [3.8, 4) is 0 Å². The maximum absolute atomic E-state index is 12.3. The standard InChI is InChI=1S/C23H35BN2O7/c1-16(27)25-14-18(12-9-13-24-32-22(2,3)23(4,5)33-24)19(20(28)29)26-21(30)31-15-17-10-7-6-8-11-17/h6-8,10-11,18-19H,9,12-15H2,1-5H3,(H,25,27)(H,26,30)(H,28,29). The number of alkyl carbamates (subject to hydrolysis) is 1. The third-order valence-corrected chi connectivity index (χ3v) is 6.15. The normalized spacial score (nSPS) is 18.3. The first-order valence-corrected chi connectivity index (χ1v) is 11.2. The van der Waals surface area contributed by atoms with E-state index in [1.165, 1.54) is 6.92 Å². The zero-order valence-electron chi connectivity index (χ0n) is 20.1. The number of aliphatic carboxylic acids is 1. The van der Waals surface area contributed by atoms with Crippen molar-refractivity contribution in [2.75, 3.05) is 6.54 Å². The highest BCUT2D eigenvalue weighted by atomic mass is 16.7. The van der Waals surface area contributed by atoms with Gasteiger partial charge in [0.05, 0.1) is 11.2 Å². The van der Waals surface area contributed by atoms with E-state index in [-0.39, 0.29) is 19.1 Å². The van der Waals surface area contributed by atoms with Crippen molar-refractivity contribution >= 4 is 25.1 Å². The summed E-state index contributed by atoms with van der Waals surface area (Å²) in [4.78, 5) is 35.7. The summed E-state index contributed by atoms with van der Waals surface area (Å²) in [6.45, 7) is 9.37. The number of rotatable bonds is 11. The lowest BCUT2D eigenvalue weighted by molar-refractivity contribution is -0.141. The van der Waals surface area contributed by atoms with Crippen LogP contribution in [-0.2, 0) is 30.2 Å². The molecule has 1 heterocycles. The van der Waals surface area contributed by atoms with Gasteiger partial charge in [-0.2, -0.15) is 0 Å². The molecular weight excluding hydrogens is 427 g/mol. The molecule has 3 N–H and O–H groups in total. The van der Waals surface area contributed by atoms with Crippen LogP contribution in [0.15, 0.2) is 30.3 Å².